The molecule has 0 aliphatic heterocycles. The van der Waals surface area contributed by atoms with Gasteiger partial charge in [-0.15, -0.1) is 0 Å². The predicted octanol–water partition coefficient (Wildman–Crippen LogP) is 3.07. The Bertz CT molecular complexity index is 920. The van der Waals surface area contributed by atoms with E-state index in [9.17, 15) is 0 Å². The first-order valence-electron chi connectivity index (χ1n) is 6.88. The number of para-hydroxylation sites is 1. The first kappa shape index (κ1) is 11.9. The van der Waals surface area contributed by atoms with Crippen LogP contribution in [-0.2, 0) is 6.54 Å². The van der Waals surface area contributed by atoms with Gasteiger partial charge < -0.3 is 10.3 Å². The summed E-state index contributed by atoms with van der Waals surface area (Å²) in [6, 6.07) is 12.0. The van der Waals surface area contributed by atoms with Gasteiger partial charge in [-0.2, -0.15) is 5.10 Å². The second-order valence-electron chi connectivity index (χ2n) is 4.78. The maximum absolute atomic E-state index is 4.61. The minimum absolute atomic E-state index is 0.694. The SMILES string of the molecule is CCn1nc(Nc2ccc3[nH]cnc3n2)c2ccccc21. The van der Waals surface area contributed by atoms with Gasteiger partial charge in [0, 0.05) is 11.9 Å². The third kappa shape index (κ3) is 1.92. The molecule has 0 atom stereocenters. The molecule has 1 aromatic carbocycles. The fourth-order valence-electron chi connectivity index (χ4n) is 2.47. The van der Waals surface area contributed by atoms with Crippen LogP contribution in [0.1, 0.15) is 6.92 Å². The van der Waals surface area contributed by atoms with E-state index < -0.39 is 0 Å². The average Bonchev–Trinajstić information content (AvgIpc) is 3.12. The standard InChI is InChI=1S/C15H14N6/c1-2-21-12-6-4-3-5-10(12)14(20-21)18-13-8-7-11-15(19-13)17-9-16-11/h3-9H,2H2,1H3,(H2,16,17,18,19,20). The summed E-state index contributed by atoms with van der Waals surface area (Å²) < 4.78 is 1.98. The van der Waals surface area contributed by atoms with Gasteiger partial charge in [-0.05, 0) is 31.2 Å². The van der Waals surface area contributed by atoms with Crippen LogP contribution in [0.25, 0.3) is 22.1 Å². The smallest absolute Gasteiger partial charge is 0.179 e. The molecule has 0 aliphatic rings. The number of fused-ring (bicyclic) bond motifs is 2. The van der Waals surface area contributed by atoms with Crippen LogP contribution in [0.15, 0.2) is 42.7 Å². The van der Waals surface area contributed by atoms with Crippen molar-refractivity contribution >= 4 is 33.7 Å². The number of rotatable bonds is 3. The number of pyridine rings is 1. The molecule has 6 nitrogen and oxygen atoms in total. The number of imidazole rings is 1. The summed E-state index contributed by atoms with van der Waals surface area (Å²) in [7, 11) is 0. The van der Waals surface area contributed by atoms with Crippen LogP contribution in [0, 0.1) is 0 Å². The summed E-state index contributed by atoms with van der Waals surface area (Å²) in [5.41, 5.74) is 2.73. The number of aryl methyl sites for hydroxylation is 1. The summed E-state index contributed by atoms with van der Waals surface area (Å²) in [6.07, 6.45) is 1.64. The number of H-pyrrole nitrogens is 1. The highest BCUT2D eigenvalue weighted by atomic mass is 15.3. The summed E-state index contributed by atoms with van der Waals surface area (Å²) in [5.74, 6) is 1.55. The summed E-state index contributed by atoms with van der Waals surface area (Å²) >= 11 is 0. The molecule has 0 aliphatic carbocycles. The highest BCUT2D eigenvalue weighted by Gasteiger charge is 2.10. The van der Waals surface area contributed by atoms with Crippen molar-refractivity contribution in [2.24, 2.45) is 0 Å². The molecule has 0 bridgehead atoms. The first-order chi connectivity index (χ1) is 10.3. The van der Waals surface area contributed by atoms with Crippen LogP contribution in [0.5, 0.6) is 0 Å². The molecule has 0 radical (unpaired) electrons. The average molecular weight is 278 g/mol. The number of anilines is 2. The molecule has 3 heterocycles. The highest BCUT2D eigenvalue weighted by Crippen LogP contribution is 2.25. The maximum atomic E-state index is 4.61. The Morgan fingerprint density at radius 2 is 2.10 bits per heavy atom. The lowest BCUT2D eigenvalue weighted by Crippen LogP contribution is -1.98. The van der Waals surface area contributed by atoms with E-state index in [1.165, 1.54) is 0 Å². The molecule has 0 saturated carbocycles. The van der Waals surface area contributed by atoms with E-state index in [0.29, 0.717) is 5.65 Å². The third-order valence-electron chi connectivity index (χ3n) is 3.49. The lowest BCUT2D eigenvalue weighted by atomic mass is 10.2. The molecule has 3 aromatic heterocycles. The van der Waals surface area contributed by atoms with Crippen LogP contribution in [0.4, 0.5) is 11.6 Å². The highest BCUT2D eigenvalue weighted by molar-refractivity contribution is 5.91. The molecule has 104 valence electrons. The van der Waals surface area contributed by atoms with Gasteiger partial charge >= 0.3 is 0 Å². The van der Waals surface area contributed by atoms with Crippen LogP contribution in [0.2, 0.25) is 0 Å². The Kier molecular flexibility index (Phi) is 2.60. The van der Waals surface area contributed by atoms with E-state index in [0.717, 1.165) is 34.6 Å². The molecule has 0 fully saturated rings. The molecule has 0 amide bonds. The second-order valence-corrected chi connectivity index (χ2v) is 4.78. The number of nitrogens with one attached hydrogen (secondary N) is 2. The number of hydrogen-bond donors (Lipinski definition) is 2. The van der Waals surface area contributed by atoms with Crippen molar-refractivity contribution < 1.29 is 0 Å². The predicted molar refractivity (Wildman–Crippen MR) is 82.6 cm³/mol. The van der Waals surface area contributed by atoms with E-state index in [-0.39, 0.29) is 0 Å². The van der Waals surface area contributed by atoms with E-state index in [2.05, 4.69) is 44.4 Å². The van der Waals surface area contributed by atoms with Gasteiger partial charge in [0.25, 0.3) is 0 Å². The Morgan fingerprint density at radius 3 is 3.00 bits per heavy atom. The molecule has 2 N–H and O–H groups in total. The monoisotopic (exact) mass is 278 g/mol. The minimum atomic E-state index is 0.694. The summed E-state index contributed by atoms with van der Waals surface area (Å²) in [5, 5.41) is 8.98. The third-order valence-corrected chi connectivity index (χ3v) is 3.49. The van der Waals surface area contributed by atoms with Crippen LogP contribution in [-0.4, -0.2) is 24.7 Å². The Labute approximate surface area is 120 Å². The van der Waals surface area contributed by atoms with E-state index in [4.69, 9.17) is 0 Å². The molecule has 6 heteroatoms. The van der Waals surface area contributed by atoms with Gasteiger partial charge in [0.1, 0.15) is 5.82 Å². The number of hydrogen-bond acceptors (Lipinski definition) is 4. The molecule has 0 unspecified atom stereocenters. The molecule has 0 spiro atoms. The molecular formula is C15H14N6. The maximum Gasteiger partial charge on any atom is 0.179 e. The van der Waals surface area contributed by atoms with Gasteiger partial charge in [0.15, 0.2) is 11.5 Å². The fourth-order valence-corrected chi connectivity index (χ4v) is 2.47. The summed E-state index contributed by atoms with van der Waals surface area (Å²) in [4.78, 5) is 11.7. The van der Waals surface area contributed by atoms with Crippen molar-refractivity contribution in [1.29, 1.82) is 0 Å². The van der Waals surface area contributed by atoms with Crippen molar-refractivity contribution in [1.82, 2.24) is 24.7 Å². The van der Waals surface area contributed by atoms with Gasteiger partial charge in [-0.1, -0.05) is 12.1 Å². The number of benzene rings is 1. The second kappa shape index (κ2) is 4.59. The Hall–Kier alpha value is -2.89. The zero-order valence-electron chi connectivity index (χ0n) is 11.5. The van der Waals surface area contributed by atoms with Crippen molar-refractivity contribution in [2.75, 3.05) is 5.32 Å². The summed E-state index contributed by atoms with van der Waals surface area (Å²) in [6.45, 7) is 2.91. The molecular weight excluding hydrogens is 264 g/mol. The normalized spacial score (nSPS) is 11.3. The van der Waals surface area contributed by atoms with E-state index in [1.807, 2.05) is 28.9 Å². The van der Waals surface area contributed by atoms with Gasteiger partial charge in [-0.3, -0.25) is 4.68 Å². The fraction of sp³-hybridized carbons (Fsp3) is 0.133. The number of aromatic amines is 1. The lowest BCUT2D eigenvalue weighted by molar-refractivity contribution is 0.687. The largest absolute Gasteiger partial charge is 0.343 e. The molecule has 4 rings (SSSR count). The van der Waals surface area contributed by atoms with E-state index in [1.54, 1.807) is 6.33 Å². The number of nitrogens with zero attached hydrogens (tertiary/aromatic N) is 4. The molecule has 21 heavy (non-hydrogen) atoms. The van der Waals surface area contributed by atoms with Crippen LogP contribution in [0.3, 0.4) is 0 Å². The lowest BCUT2D eigenvalue weighted by Gasteiger charge is -2.02. The minimum Gasteiger partial charge on any atom is -0.343 e. The van der Waals surface area contributed by atoms with Crippen molar-refractivity contribution in [3.63, 3.8) is 0 Å². The zero-order valence-corrected chi connectivity index (χ0v) is 11.5. The van der Waals surface area contributed by atoms with Crippen molar-refractivity contribution in [3.8, 4) is 0 Å². The van der Waals surface area contributed by atoms with Crippen molar-refractivity contribution in [3.05, 3.63) is 42.7 Å². The van der Waals surface area contributed by atoms with Gasteiger partial charge in [0.05, 0.1) is 17.4 Å². The van der Waals surface area contributed by atoms with E-state index >= 15 is 0 Å². The van der Waals surface area contributed by atoms with Gasteiger partial charge in [-0.25, -0.2) is 9.97 Å². The van der Waals surface area contributed by atoms with Gasteiger partial charge in [0.2, 0.25) is 0 Å². The van der Waals surface area contributed by atoms with Crippen molar-refractivity contribution in [2.45, 2.75) is 13.5 Å². The Morgan fingerprint density at radius 1 is 1.19 bits per heavy atom. The zero-order chi connectivity index (χ0) is 14.2. The van der Waals surface area contributed by atoms with Crippen LogP contribution < -0.4 is 5.32 Å². The first-order valence-corrected chi connectivity index (χ1v) is 6.88. The molecule has 0 saturated heterocycles. The van der Waals surface area contributed by atoms with Crippen LogP contribution >= 0.6 is 0 Å². The Balaban J connectivity index is 1.79. The number of aromatic nitrogens is 5. The quantitative estimate of drug-likeness (QED) is 0.604. The molecule has 4 aromatic rings. The topological polar surface area (TPSA) is 71.4 Å².